The summed E-state index contributed by atoms with van der Waals surface area (Å²) in [4.78, 5) is 32.8. The Morgan fingerprint density at radius 3 is 2.50 bits per heavy atom. The summed E-state index contributed by atoms with van der Waals surface area (Å²) in [5.74, 6) is 1.88. The topological polar surface area (TPSA) is 77.0 Å². The Morgan fingerprint density at radius 2 is 1.96 bits per heavy atom. The first-order valence-electron chi connectivity index (χ1n) is 10.6. The lowest BCUT2D eigenvalue weighted by Crippen LogP contribution is -2.46. The molecular weight excluding hydrogens is 469 g/mol. The molecule has 0 aromatic rings. The molecule has 2 heterocycles. The maximum atomic E-state index is 12.0. The van der Waals surface area contributed by atoms with E-state index in [0.29, 0.717) is 30.7 Å². The van der Waals surface area contributed by atoms with Crippen LogP contribution >= 0.6 is 24.0 Å². The Labute approximate surface area is 187 Å². The zero-order chi connectivity index (χ0) is 19.6. The van der Waals surface area contributed by atoms with Gasteiger partial charge in [0.05, 0.1) is 0 Å². The highest BCUT2D eigenvalue weighted by atomic mass is 127. The van der Waals surface area contributed by atoms with Gasteiger partial charge in [-0.25, -0.2) is 0 Å². The predicted molar refractivity (Wildman–Crippen MR) is 124 cm³/mol. The molecule has 2 amide bonds. The second kappa shape index (κ2) is 13.2. The van der Waals surface area contributed by atoms with Crippen molar-refractivity contribution in [3.05, 3.63) is 0 Å². The molecule has 2 aliphatic rings. The average molecular weight is 507 g/mol. The van der Waals surface area contributed by atoms with Gasteiger partial charge in [0.15, 0.2) is 5.96 Å². The number of guanidine groups is 1. The van der Waals surface area contributed by atoms with E-state index in [1.807, 2.05) is 4.90 Å². The summed E-state index contributed by atoms with van der Waals surface area (Å²) in [6.07, 6.45) is 6.28. The Kier molecular flexibility index (Phi) is 11.8. The van der Waals surface area contributed by atoms with E-state index >= 15 is 0 Å². The minimum absolute atomic E-state index is 0. The second-order valence-corrected chi connectivity index (χ2v) is 7.58. The standard InChI is InChI=1S/C20H37N5O2.HI/c1-4-17(25-12-6-7-19(25)27)8-11-23-20(22-5-2)24-13-9-16(10-14-24)15-18(26)21-3;/h16-17H,4-15H2,1-3H3,(H,21,26)(H,22,23);1H. The molecule has 2 saturated heterocycles. The van der Waals surface area contributed by atoms with Crippen LogP contribution in [0.4, 0.5) is 0 Å². The number of nitrogens with zero attached hydrogens (tertiary/aromatic N) is 3. The highest BCUT2D eigenvalue weighted by Crippen LogP contribution is 2.21. The van der Waals surface area contributed by atoms with Gasteiger partial charge < -0.3 is 20.4 Å². The fraction of sp³-hybridized carbons (Fsp3) is 0.850. The number of hydrogen-bond acceptors (Lipinski definition) is 3. The van der Waals surface area contributed by atoms with Crippen LogP contribution in [0.15, 0.2) is 4.99 Å². The summed E-state index contributed by atoms with van der Waals surface area (Å²) in [6, 6.07) is 0.310. The zero-order valence-corrected chi connectivity index (χ0v) is 20.0. The molecule has 0 radical (unpaired) electrons. The van der Waals surface area contributed by atoms with Crippen LogP contribution in [0.25, 0.3) is 0 Å². The Bertz CT molecular complexity index is 521. The van der Waals surface area contributed by atoms with Gasteiger partial charge in [0.25, 0.3) is 0 Å². The van der Waals surface area contributed by atoms with Gasteiger partial charge in [0, 0.05) is 58.7 Å². The second-order valence-electron chi connectivity index (χ2n) is 7.58. The summed E-state index contributed by atoms with van der Waals surface area (Å²) in [5, 5.41) is 6.13. The first kappa shape index (κ1) is 25.0. The van der Waals surface area contributed by atoms with E-state index in [2.05, 4.69) is 29.4 Å². The van der Waals surface area contributed by atoms with Crippen LogP contribution in [0.1, 0.15) is 58.8 Å². The molecule has 2 aliphatic heterocycles. The molecule has 7 nitrogen and oxygen atoms in total. The monoisotopic (exact) mass is 507 g/mol. The first-order valence-corrected chi connectivity index (χ1v) is 10.6. The maximum Gasteiger partial charge on any atom is 0.222 e. The normalized spacial score (nSPS) is 19.4. The van der Waals surface area contributed by atoms with Crippen molar-refractivity contribution in [2.45, 2.75) is 64.8 Å². The lowest BCUT2D eigenvalue weighted by atomic mass is 9.93. The SMILES string of the molecule is CCNC(=NCCC(CC)N1CCCC1=O)N1CCC(CC(=O)NC)CC1.I. The van der Waals surface area contributed by atoms with Crippen molar-refractivity contribution in [1.29, 1.82) is 0 Å². The number of carbonyl (C=O) groups is 2. The number of carbonyl (C=O) groups excluding carboxylic acids is 2. The van der Waals surface area contributed by atoms with Crippen molar-refractivity contribution in [3.63, 3.8) is 0 Å². The smallest absolute Gasteiger partial charge is 0.222 e. The third kappa shape index (κ3) is 7.40. The quantitative estimate of drug-likeness (QED) is 0.300. The van der Waals surface area contributed by atoms with Crippen molar-refractivity contribution in [1.82, 2.24) is 20.4 Å². The van der Waals surface area contributed by atoms with Crippen LogP contribution in [-0.4, -0.2) is 73.4 Å². The first-order chi connectivity index (χ1) is 13.1. The lowest BCUT2D eigenvalue weighted by Gasteiger charge is -2.34. The van der Waals surface area contributed by atoms with Gasteiger partial charge in [0.2, 0.25) is 11.8 Å². The molecule has 28 heavy (non-hydrogen) atoms. The molecule has 2 fully saturated rings. The van der Waals surface area contributed by atoms with Crippen molar-refractivity contribution in [3.8, 4) is 0 Å². The summed E-state index contributed by atoms with van der Waals surface area (Å²) in [6.45, 7) is 8.61. The van der Waals surface area contributed by atoms with Crippen LogP contribution in [0.5, 0.6) is 0 Å². The van der Waals surface area contributed by atoms with Crippen LogP contribution in [0.3, 0.4) is 0 Å². The molecule has 0 spiro atoms. The number of rotatable bonds is 8. The summed E-state index contributed by atoms with van der Waals surface area (Å²) in [5.41, 5.74) is 0. The highest BCUT2D eigenvalue weighted by Gasteiger charge is 2.27. The van der Waals surface area contributed by atoms with Gasteiger partial charge in [-0.3, -0.25) is 14.6 Å². The van der Waals surface area contributed by atoms with Gasteiger partial charge in [0.1, 0.15) is 0 Å². The van der Waals surface area contributed by atoms with Gasteiger partial charge in [-0.05, 0) is 44.9 Å². The third-order valence-corrected chi connectivity index (χ3v) is 5.75. The number of amides is 2. The minimum Gasteiger partial charge on any atom is -0.359 e. The number of likely N-dealkylation sites (tertiary alicyclic amines) is 2. The van der Waals surface area contributed by atoms with Crippen LogP contribution < -0.4 is 10.6 Å². The molecule has 2 N–H and O–H groups in total. The van der Waals surface area contributed by atoms with E-state index < -0.39 is 0 Å². The van der Waals surface area contributed by atoms with Crippen molar-refractivity contribution < 1.29 is 9.59 Å². The largest absolute Gasteiger partial charge is 0.359 e. The Hall–Kier alpha value is -1.06. The third-order valence-electron chi connectivity index (χ3n) is 5.75. The molecule has 0 bridgehead atoms. The molecule has 0 aliphatic carbocycles. The Balaban J connectivity index is 0.00000392. The van der Waals surface area contributed by atoms with Gasteiger partial charge in [-0.1, -0.05) is 6.92 Å². The van der Waals surface area contributed by atoms with E-state index in [4.69, 9.17) is 4.99 Å². The molecular formula is C20H38IN5O2. The number of piperidine rings is 1. The van der Waals surface area contributed by atoms with E-state index in [1.54, 1.807) is 7.05 Å². The molecule has 8 heteroatoms. The average Bonchev–Trinajstić information content (AvgIpc) is 3.10. The fourth-order valence-corrected chi connectivity index (χ4v) is 4.09. The van der Waals surface area contributed by atoms with E-state index in [1.165, 1.54) is 0 Å². The zero-order valence-electron chi connectivity index (χ0n) is 17.7. The molecule has 162 valence electrons. The van der Waals surface area contributed by atoms with Crippen molar-refractivity contribution >= 4 is 41.8 Å². The molecule has 2 rings (SSSR count). The summed E-state index contributed by atoms with van der Waals surface area (Å²) < 4.78 is 0. The van der Waals surface area contributed by atoms with Gasteiger partial charge >= 0.3 is 0 Å². The number of halogens is 1. The van der Waals surface area contributed by atoms with Gasteiger partial charge in [-0.15, -0.1) is 24.0 Å². The van der Waals surface area contributed by atoms with Crippen LogP contribution in [0, 0.1) is 5.92 Å². The van der Waals surface area contributed by atoms with E-state index in [-0.39, 0.29) is 29.9 Å². The maximum absolute atomic E-state index is 12.0. The van der Waals surface area contributed by atoms with Crippen molar-refractivity contribution in [2.75, 3.05) is 39.8 Å². The minimum atomic E-state index is 0. The molecule has 0 aromatic heterocycles. The van der Waals surface area contributed by atoms with E-state index in [0.717, 1.165) is 70.8 Å². The van der Waals surface area contributed by atoms with Crippen molar-refractivity contribution in [2.24, 2.45) is 10.9 Å². The highest BCUT2D eigenvalue weighted by molar-refractivity contribution is 14.0. The van der Waals surface area contributed by atoms with Gasteiger partial charge in [-0.2, -0.15) is 0 Å². The molecule has 1 unspecified atom stereocenters. The molecule has 0 saturated carbocycles. The Morgan fingerprint density at radius 1 is 1.25 bits per heavy atom. The van der Waals surface area contributed by atoms with E-state index in [9.17, 15) is 9.59 Å². The lowest BCUT2D eigenvalue weighted by molar-refractivity contribution is -0.129. The fourth-order valence-electron chi connectivity index (χ4n) is 4.09. The molecule has 0 aromatic carbocycles. The van der Waals surface area contributed by atoms with Crippen LogP contribution in [-0.2, 0) is 9.59 Å². The number of hydrogen-bond donors (Lipinski definition) is 2. The van der Waals surface area contributed by atoms with Crippen LogP contribution in [0.2, 0.25) is 0 Å². The summed E-state index contributed by atoms with van der Waals surface area (Å²) in [7, 11) is 1.70. The number of aliphatic imine (C=N–C) groups is 1. The summed E-state index contributed by atoms with van der Waals surface area (Å²) >= 11 is 0. The number of nitrogens with one attached hydrogen (secondary N) is 2. The predicted octanol–water partition coefficient (Wildman–Crippen LogP) is 2.21. The molecule has 1 atom stereocenters.